The minimum atomic E-state index is -0.474. The summed E-state index contributed by atoms with van der Waals surface area (Å²) >= 11 is 3.31. The summed E-state index contributed by atoms with van der Waals surface area (Å²) in [6.45, 7) is -0.0707. The van der Waals surface area contributed by atoms with Crippen molar-refractivity contribution in [1.29, 1.82) is 0 Å². The van der Waals surface area contributed by atoms with E-state index >= 15 is 0 Å². The van der Waals surface area contributed by atoms with E-state index in [0.717, 1.165) is 4.47 Å². The highest BCUT2D eigenvalue weighted by molar-refractivity contribution is 9.10. The maximum Gasteiger partial charge on any atom is 0.340 e. The lowest BCUT2D eigenvalue weighted by atomic mass is 10.2. The average Bonchev–Trinajstić information content (AvgIpc) is 2.60. The molecular formula is C17H14BrN3O3. The predicted molar refractivity (Wildman–Crippen MR) is 94.3 cm³/mol. The standard InChI is InChI=1S/C17H14BrN3O3/c1-19-14-5-3-2-4-13(14)17(23)24-10-12-8-16(22)21-9-11(18)6-7-15(21)20-12/h2-9,19H,10H2,1H3. The molecule has 1 aromatic carbocycles. The molecule has 0 fully saturated rings. The highest BCUT2D eigenvalue weighted by Gasteiger charge is 2.12. The number of hydrogen-bond acceptors (Lipinski definition) is 5. The van der Waals surface area contributed by atoms with Gasteiger partial charge in [-0.1, -0.05) is 12.1 Å². The number of rotatable bonds is 4. The van der Waals surface area contributed by atoms with Gasteiger partial charge < -0.3 is 10.1 Å². The molecule has 0 unspecified atom stereocenters. The summed E-state index contributed by atoms with van der Waals surface area (Å²) in [5.74, 6) is -0.474. The van der Waals surface area contributed by atoms with E-state index in [1.54, 1.807) is 43.6 Å². The molecule has 0 saturated heterocycles. The van der Waals surface area contributed by atoms with Gasteiger partial charge >= 0.3 is 5.97 Å². The Morgan fingerprint density at radius 1 is 1.29 bits per heavy atom. The topological polar surface area (TPSA) is 72.7 Å². The fourth-order valence-corrected chi connectivity index (χ4v) is 2.63. The molecule has 0 atom stereocenters. The minimum absolute atomic E-state index is 0.0707. The van der Waals surface area contributed by atoms with Crippen LogP contribution in [-0.2, 0) is 11.3 Å². The monoisotopic (exact) mass is 387 g/mol. The van der Waals surface area contributed by atoms with Crippen molar-refractivity contribution in [3.05, 3.63) is 74.7 Å². The maximum absolute atomic E-state index is 12.2. The molecule has 0 radical (unpaired) electrons. The smallest absolute Gasteiger partial charge is 0.340 e. The van der Waals surface area contributed by atoms with Crippen LogP contribution in [0, 0.1) is 0 Å². The zero-order chi connectivity index (χ0) is 17.1. The molecule has 24 heavy (non-hydrogen) atoms. The van der Waals surface area contributed by atoms with Gasteiger partial charge in [-0.05, 0) is 40.2 Å². The summed E-state index contributed by atoms with van der Waals surface area (Å²) in [5.41, 5.74) is 1.77. The van der Waals surface area contributed by atoms with Gasteiger partial charge in [0.15, 0.2) is 0 Å². The number of hydrogen-bond donors (Lipinski definition) is 1. The first-order valence-corrected chi connectivity index (χ1v) is 7.99. The first-order valence-electron chi connectivity index (χ1n) is 7.20. The van der Waals surface area contributed by atoms with Crippen LogP contribution in [-0.4, -0.2) is 22.4 Å². The Hall–Kier alpha value is -2.67. The van der Waals surface area contributed by atoms with Gasteiger partial charge in [0.1, 0.15) is 12.3 Å². The summed E-state index contributed by atoms with van der Waals surface area (Å²) < 4.78 is 7.49. The zero-order valence-electron chi connectivity index (χ0n) is 12.8. The molecule has 1 N–H and O–H groups in total. The quantitative estimate of drug-likeness (QED) is 0.696. The molecule has 2 aromatic heterocycles. The van der Waals surface area contributed by atoms with Gasteiger partial charge in [0.05, 0.1) is 11.3 Å². The largest absolute Gasteiger partial charge is 0.456 e. The molecule has 0 bridgehead atoms. The van der Waals surface area contributed by atoms with Crippen LogP contribution >= 0.6 is 15.9 Å². The molecule has 3 rings (SSSR count). The van der Waals surface area contributed by atoms with Gasteiger partial charge in [0.2, 0.25) is 0 Å². The lowest BCUT2D eigenvalue weighted by molar-refractivity contribution is 0.0469. The van der Waals surface area contributed by atoms with Crippen molar-refractivity contribution in [2.24, 2.45) is 0 Å². The Kier molecular flexibility index (Phi) is 4.61. The molecule has 0 amide bonds. The number of carbonyl (C=O) groups excluding carboxylic acids is 1. The number of benzene rings is 1. The number of para-hydroxylation sites is 1. The first-order chi connectivity index (χ1) is 11.6. The molecule has 0 aliphatic carbocycles. The SMILES string of the molecule is CNc1ccccc1C(=O)OCc1cc(=O)n2cc(Br)ccc2n1. The molecular weight excluding hydrogens is 374 g/mol. The van der Waals surface area contributed by atoms with Gasteiger partial charge in [0.25, 0.3) is 5.56 Å². The number of carbonyl (C=O) groups is 1. The zero-order valence-corrected chi connectivity index (χ0v) is 14.4. The molecule has 7 heteroatoms. The second-order valence-electron chi connectivity index (χ2n) is 5.03. The molecule has 0 aliphatic heterocycles. The number of halogens is 1. The lowest BCUT2D eigenvalue weighted by Gasteiger charge is -2.09. The van der Waals surface area contributed by atoms with Crippen molar-refractivity contribution in [2.75, 3.05) is 12.4 Å². The average molecular weight is 388 g/mol. The van der Waals surface area contributed by atoms with E-state index < -0.39 is 5.97 Å². The van der Waals surface area contributed by atoms with Crippen LogP contribution in [0.1, 0.15) is 16.1 Å². The first kappa shape index (κ1) is 16.2. The van der Waals surface area contributed by atoms with Crippen molar-refractivity contribution < 1.29 is 9.53 Å². The van der Waals surface area contributed by atoms with Crippen LogP contribution in [0.25, 0.3) is 5.65 Å². The molecule has 3 aromatic rings. The number of esters is 1. The third kappa shape index (κ3) is 3.30. The Bertz CT molecular complexity index is 969. The molecule has 2 heterocycles. The fourth-order valence-electron chi connectivity index (χ4n) is 2.30. The van der Waals surface area contributed by atoms with Gasteiger partial charge in [-0.3, -0.25) is 9.20 Å². The number of nitrogens with one attached hydrogen (secondary N) is 1. The molecule has 122 valence electrons. The van der Waals surface area contributed by atoms with Crippen molar-refractivity contribution in [2.45, 2.75) is 6.61 Å². The lowest BCUT2D eigenvalue weighted by Crippen LogP contribution is -2.17. The molecule has 0 saturated carbocycles. The van der Waals surface area contributed by atoms with E-state index in [4.69, 9.17) is 4.74 Å². The normalized spacial score (nSPS) is 10.6. The van der Waals surface area contributed by atoms with Crippen LogP contribution in [0.2, 0.25) is 0 Å². The van der Waals surface area contributed by atoms with Crippen LogP contribution in [0.4, 0.5) is 5.69 Å². The van der Waals surface area contributed by atoms with Gasteiger partial charge in [0, 0.05) is 29.5 Å². The Morgan fingerprint density at radius 3 is 2.88 bits per heavy atom. The third-order valence-electron chi connectivity index (χ3n) is 3.44. The molecule has 0 aliphatic rings. The van der Waals surface area contributed by atoms with Gasteiger partial charge in [-0.2, -0.15) is 0 Å². The highest BCUT2D eigenvalue weighted by Crippen LogP contribution is 2.16. The summed E-state index contributed by atoms with van der Waals surface area (Å²) in [7, 11) is 1.73. The van der Waals surface area contributed by atoms with E-state index in [2.05, 4.69) is 26.2 Å². The van der Waals surface area contributed by atoms with Crippen LogP contribution in [0.3, 0.4) is 0 Å². The van der Waals surface area contributed by atoms with E-state index in [-0.39, 0.29) is 12.2 Å². The van der Waals surface area contributed by atoms with Crippen molar-refractivity contribution in [3.63, 3.8) is 0 Å². The van der Waals surface area contributed by atoms with Crippen LogP contribution < -0.4 is 10.9 Å². The number of aromatic nitrogens is 2. The fraction of sp³-hybridized carbons (Fsp3) is 0.118. The van der Waals surface area contributed by atoms with Crippen molar-refractivity contribution >= 4 is 33.2 Å². The van der Waals surface area contributed by atoms with Gasteiger partial charge in [-0.25, -0.2) is 9.78 Å². The Labute approximate surface area is 146 Å². The van der Waals surface area contributed by atoms with E-state index in [1.165, 1.54) is 10.5 Å². The summed E-state index contributed by atoms with van der Waals surface area (Å²) in [5, 5.41) is 2.94. The second kappa shape index (κ2) is 6.84. The van der Waals surface area contributed by atoms with Crippen molar-refractivity contribution in [3.8, 4) is 0 Å². The van der Waals surface area contributed by atoms with Crippen LogP contribution in [0.5, 0.6) is 0 Å². The number of nitrogens with zero attached hydrogens (tertiary/aromatic N) is 2. The third-order valence-corrected chi connectivity index (χ3v) is 3.91. The predicted octanol–water partition coefficient (Wildman–Crippen LogP) is 2.86. The second-order valence-corrected chi connectivity index (χ2v) is 5.95. The Balaban J connectivity index is 1.82. The number of fused-ring (bicyclic) bond motifs is 1. The summed E-state index contributed by atoms with van der Waals surface area (Å²) in [6, 6.07) is 11.9. The van der Waals surface area contributed by atoms with Crippen LogP contribution in [0.15, 0.2) is 57.9 Å². The van der Waals surface area contributed by atoms with E-state index in [1.807, 2.05) is 6.07 Å². The van der Waals surface area contributed by atoms with Crippen molar-refractivity contribution in [1.82, 2.24) is 9.38 Å². The van der Waals surface area contributed by atoms with E-state index in [0.29, 0.717) is 22.6 Å². The minimum Gasteiger partial charge on any atom is -0.456 e. The number of pyridine rings is 1. The number of anilines is 1. The molecule has 0 spiro atoms. The molecule has 6 nitrogen and oxygen atoms in total. The maximum atomic E-state index is 12.2. The Morgan fingerprint density at radius 2 is 2.08 bits per heavy atom. The van der Waals surface area contributed by atoms with Gasteiger partial charge in [-0.15, -0.1) is 0 Å². The summed E-state index contributed by atoms with van der Waals surface area (Å²) in [4.78, 5) is 28.7. The number of ether oxygens (including phenoxy) is 1. The van der Waals surface area contributed by atoms with E-state index in [9.17, 15) is 9.59 Å². The summed E-state index contributed by atoms with van der Waals surface area (Å²) in [6.07, 6.45) is 1.64. The highest BCUT2D eigenvalue weighted by atomic mass is 79.9.